The predicted molar refractivity (Wildman–Crippen MR) is 86.8 cm³/mol. The van der Waals surface area contributed by atoms with Gasteiger partial charge in [-0.1, -0.05) is 17.3 Å². The van der Waals surface area contributed by atoms with Gasteiger partial charge < -0.3 is 14.2 Å². The normalized spacial score (nSPS) is 17.1. The minimum Gasteiger partial charge on any atom is -0.377 e. The summed E-state index contributed by atoms with van der Waals surface area (Å²) in [4.78, 5) is 20.5. The number of nitrogens with zero attached hydrogens (tertiary/aromatic N) is 4. The quantitative estimate of drug-likeness (QED) is 0.792. The van der Waals surface area contributed by atoms with Crippen LogP contribution in [-0.4, -0.2) is 52.6 Å². The van der Waals surface area contributed by atoms with Crippen molar-refractivity contribution >= 4 is 5.91 Å². The molecule has 1 unspecified atom stereocenters. The van der Waals surface area contributed by atoms with E-state index in [1.807, 2.05) is 17.9 Å². The van der Waals surface area contributed by atoms with Gasteiger partial charge in [-0.2, -0.15) is 4.98 Å². The van der Waals surface area contributed by atoms with Gasteiger partial charge in [-0.3, -0.25) is 9.69 Å². The first kappa shape index (κ1) is 17.5. The van der Waals surface area contributed by atoms with Crippen LogP contribution in [0.5, 0.6) is 0 Å². The summed E-state index contributed by atoms with van der Waals surface area (Å²) in [5.74, 6) is 0.665. The van der Waals surface area contributed by atoms with Crippen LogP contribution >= 0.6 is 0 Å². The van der Waals surface area contributed by atoms with E-state index in [4.69, 9.17) is 9.26 Å². The van der Waals surface area contributed by atoms with Crippen molar-refractivity contribution in [1.82, 2.24) is 19.9 Å². The standard InChI is InChI=1S/C17H21FN4O3/c1-12(17-19-15(11-24-2)20-25-17)21-6-7-22(16(23)10-21)9-13-4-3-5-14(18)8-13/h3-5,8,12H,6-7,9-11H2,1-2H3. The number of hydrogen-bond donors (Lipinski definition) is 0. The van der Waals surface area contributed by atoms with Crippen LogP contribution in [0.15, 0.2) is 28.8 Å². The summed E-state index contributed by atoms with van der Waals surface area (Å²) in [5.41, 5.74) is 0.788. The Kier molecular flexibility index (Phi) is 5.40. The number of amides is 1. The summed E-state index contributed by atoms with van der Waals surface area (Å²) in [6, 6.07) is 6.17. The highest BCUT2D eigenvalue weighted by atomic mass is 19.1. The van der Waals surface area contributed by atoms with E-state index in [2.05, 4.69) is 10.1 Å². The topological polar surface area (TPSA) is 71.7 Å². The second kappa shape index (κ2) is 7.71. The Hall–Kier alpha value is -2.32. The lowest BCUT2D eigenvalue weighted by molar-refractivity contribution is -0.137. The Morgan fingerprint density at radius 1 is 1.40 bits per heavy atom. The number of halogens is 1. The van der Waals surface area contributed by atoms with Crippen molar-refractivity contribution in [3.63, 3.8) is 0 Å². The van der Waals surface area contributed by atoms with Crippen molar-refractivity contribution in [3.05, 3.63) is 47.4 Å². The lowest BCUT2D eigenvalue weighted by atomic mass is 10.1. The molecule has 1 aromatic heterocycles. The minimum atomic E-state index is -0.291. The summed E-state index contributed by atoms with van der Waals surface area (Å²) in [6.07, 6.45) is 0. The number of benzene rings is 1. The number of carbonyl (C=O) groups excluding carboxylic acids is 1. The molecule has 1 aromatic carbocycles. The van der Waals surface area contributed by atoms with Crippen molar-refractivity contribution in [2.45, 2.75) is 26.1 Å². The maximum atomic E-state index is 13.3. The molecular weight excluding hydrogens is 327 g/mol. The molecule has 134 valence electrons. The van der Waals surface area contributed by atoms with Gasteiger partial charge in [0.05, 0.1) is 12.6 Å². The lowest BCUT2D eigenvalue weighted by Gasteiger charge is -2.36. The van der Waals surface area contributed by atoms with Crippen LogP contribution in [0, 0.1) is 5.82 Å². The fourth-order valence-electron chi connectivity index (χ4n) is 2.86. The van der Waals surface area contributed by atoms with Crippen LogP contribution in [0.2, 0.25) is 0 Å². The molecule has 25 heavy (non-hydrogen) atoms. The maximum Gasteiger partial charge on any atom is 0.243 e. The van der Waals surface area contributed by atoms with Gasteiger partial charge in [-0.15, -0.1) is 0 Å². The third kappa shape index (κ3) is 4.21. The Labute approximate surface area is 145 Å². The molecule has 1 aliphatic heterocycles. The highest BCUT2D eigenvalue weighted by Gasteiger charge is 2.30. The van der Waals surface area contributed by atoms with Gasteiger partial charge in [-0.25, -0.2) is 4.39 Å². The van der Waals surface area contributed by atoms with Crippen molar-refractivity contribution in [1.29, 1.82) is 0 Å². The number of piperazine rings is 1. The van der Waals surface area contributed by atoms with Gasteiger partial charge >= 0.3 is 0 Å². The molecule has 1 atom stereocenters. The second-order valence-corrected chi connectivity index (χ2v) is 6.07. The molecule has 1 amide bonds. The van der Waals surface area contributed by atoms with E-state index >= 15 is 0 Å². The fourth-order valence-corrected chi connectivity index (χ4v) is 2.86. The Balaban J connectivity index is 1.59. The zero-order valence-corrected chi connectivity index (χ0v) is 14.3. The molecule has 0 radical (unpaired) electrons. The molecule has 2 aromatic rings. The molecular formula is C17H21FN4O3. The molecule has 0 bridgehead atoms. The van der Waals surface area contributed by atoms with E-state index in [-0.39, 0.29) is 30.9 Å². The van der Waals surface area contributed by atoms with Gasteiger partial charge in [0.25, 0.3) is 0 Å². The molecule has 0 saturated carbocycles. The van der Waals surface area contributed by atoms with E-state index < -0.39 is 0 Å². The van der Waals surface area contributed by atoms with Crippen molar-refractivity contribution < 1.29 is 18.4 Å². The Bertz CT molecular complexity index is 736. The number of methoxy groups -OCH3 is 1. The summed E-state index contributed by atoms with van der Waals surface area (Å²) >= 11 is 0. The summed E-state index contributed by atoms with van der Waals surface area (Å²) in [7, 11) is 1.57. The van der Waals surface area contributed by atoms with Gasteiger partial charge in [0, 0.05) is 26.7 Å². The summed E-state index contributed by atoms with van der Waals surface area (Å²) in [5, 5.41) is 3.85. The first-order valence-electron chi connectivity index (χ1n) is 8.14. The van der Waals surface area contributed by atoms with Crippen molar-refractivity contribution in [3.8, 4) is 0 Å². The van der Waals surface area contributed by atoms with Crippen molar-refractivity contribution in [2.24, 2.45) is 0 Å². The number of rotatable bonds is 6. The van der Waals surface area contributed by atoms with Crippen LogP contribution in [-0.2, 0) is 22.7 Å². The summed E-state index contributed by atoms with van der Waals surface area (Å²) < 4.78 is 23.5. The highest BCUT2D eigenvalue weighted by molar-refractivity contribution is 5.79. The average molecular weight is 348 g/mol. The average Bonchev–Trinajstić information content (AvgIpc) is 3.05. The number of hydrogen-bond acceptors (Lipinski definition) is 6. The predicted octanol–water partition coefficient (Wildman–Crippen LogP) is 1.76. The molecule has 1 aliphatic rings. The van der Waals surface area contributed by atoms with E-state index in [0.717, 1.165) is 5.56 Å². The van der Waals surface area contributed by atoms with Gasteiger partial charge in [0.1, 0.15) is 12.4 Å². The number of carbonyl (C=O) groups is 1. The fraction of sp³-hybridized carbons (Fsp3) is 0.471. The highest BCUT2D eigenvalue weighted by Crippen LogP contribution is 2.21. The van der Waals surface area contributed by atoms with Crippen molar-refractivity contribution in [2.75, 3.05) is 26.7 Å². The Morgan fingerprint density at radius 3 is 2.96 bits per heavy atom. The molecule has 3 rings (SSSR count). The maximum absolute atomic E-state index is 13.3. The van der Waals surface area contributed by atoms with Gasteiger partial charge in [0.2, 0.25) is 11.8 Å². The number of ether oxygens (including phenoxy) is 1. The van der Waals surface area contributed by atoms with Crippen LogP contribution in [0.25, 0.3) is 0 Å². The first-order valence-corrected chi connectivity index (χ1v) is 8.14. The number of aromatic nitrogens is 2. The third-order valence-corrected chi connectivity index (χ3v) is 4.27. The smallest absolute Gasteiger partial charge is 0.243 e. The summed E-state index contributed by atoms with van der Waals surface area (Å²) in [6.45, 7) is 4.15. The van der Waals surface area contributed by atoms with E-state index in [1.54, 1.807) is 18.1 Å². The first-order chi connectivity index (χ1) is 12.1. The molecule has 0 spiro atoms. The zero-order valence-electron chi connectivity index (χ0n) is 14.3. The SMILES string of the molecule is COCc1noc(C(C)N2CCN(Cc3cccc(F)c3)C(=O)C2)n1. The monoisotopic (exact) mass is 348 g/mol. The van der Waals surface area contributed by atoms with Gasteiger partial charge in [0.15, 0.2) is 5.82 Å². The van der Waals surface area contributed by atoms with Crippen LogP contribution in [0.4, 0.5) is 4.39 Å². The Morgan fingerprint density at radius 2 is 2.24 bits per heavy atom. The lowest BCUT2D eigenvalue weighted by Crippen LogP contribution is -2.50. The minimum absolute atomic E-state index is 0.000934. The molecule has 8 heteroatoms. The molecule has 1 fully saturated rings. The zero-order chi connectivity index (χ0) is 17.8. The van der Waals surface area contributed by atoms with E-state index in [0.29, 0.717) is 31.3 Å². The molecule has 0 N–H and O–H groups in total. The van der Waals surface area contributed by atoms with E-state index in [1.165, 1.54) is 12.1 Å². The van der Waals surface area contributed by atoms with Crippen LogP contribution < -0.4 is 0 Å². The molecule has 2 heterocycles. The largest absolute Gasteiger partial charge is 0.377 e. The molecule has 1 saturated heterocycles. The second-order valence-electron chi connectivity index (χ2n) is 6.07. The molecule has 0 aliphatic carbocycles. The van der Waals surface area contributed by atoms with Gasteiger partial charge in [-0.05, 0) is 24.6 Å². The van der Waals surface area contributed by atoms with E-state index in [9.17, 15) is 9.18 Å². The third-order valence-electron chi connectivity index (χ3n) is 4.27. The van der Waals surface area contributed by atoms with Crippen LogP contribution in [0.3, 0.4) is 0 Å². The van der Waals surface area contributed by atoms with Crippen LogP contribution in [0.1, 0.15) is 30.2 Å². The molecule has 7 nitrogen and oxygen atoms in total.